The number of hydrogen-bond donors (Lipinski definition) is 1. The molecule has 1 N–H and O–H groups in total. The highest BCUT2D eigenvalue weighted by molar-refractivity contribution is 6.45. The van der Waals surface area contributed by atoms with Crippen molar-refractivity contribution < 1.29 is 23.6 Å². The maximum atomic E-state index is 12.9. The highest BCUT2D eigenvalue weighted by atomic mass is 16.7. The average Bonchev–Trinajstić information content (AvgIpc) is 3.22. The molecule has 30 heavy (non-hydrogen) atoms. The number of carbonyl (C=O) groups is 2. The Hall–Kier alpha value is -1.12. The zero-order valence-corrected chi connectivity index (χ0v) is 19.8. The van der Waals surface area contributed by atoms with Crippen LogP contribution in [0.25, 0.3) is 0 Å². The van der Waals surface area contributed by atoms with Crippen molar-refractivity contribution in [2.24, 2.45) is 0 Å². The van der Waals surface area contributed by atoms with Crippen LogP contribution in [0, 0.1) is 0 Å². The van der Waals surface area contributed by atoms with Gasteiger partial charge >= 0.3 is 13.1 Å². The van der Waals surface area contributed by atoms with E-state index >= 15 is 0 Å². The Bertz CT molecular complexity index is 576. The van der Waals surface area contributed by atoms with Crippen LogP contribution in [0.2, 0.25) is 6.32 Å². The second-order valence-corrected chi connectivity index (χ2v) is 9.71. The number of esters is 1. The van der Waals surface area contributed by atoms with Gasteiger partial charge in [-0.05, 0) is 79.7 Å². The van der Waals surface area contributed by atoms with E-state index in [1.807, 2.05) is 27.7 Å². The lowest BCUT2D eigenvalue weighted by molar-refractivity contribution is -0.154. The van der Waals surface area contributed by atoms with E-state index in [4.69, 9.17) is 14.0 Å². The van der Waals surface area contributed by atoms with Crippen LogP contribution in [0.3, 0.4) is 0 Å². The van der Waals surface area contributed by atoms with Crippen LogP contribution in [-0.4, -0.2) is 66.9 Å². The molecule has 0 aliphatic carbocycles. The SMILES string of the molecule is CCOC(=O)C(CCCCB1OC(C)(C)C(C)(C)O1)(CCN1CCCC1)NC(C)=O. The van der Waals surface area contributed by atoms with Crippen molar-refractivity contribution in [1.29, 1.82) is 0 Å². The van der Waals surface area contributed by atoms with Gasteiger partial charge in [0.2, 0.25) is 5.91 Å². The Labute approximate surface area is 182 Å². The van der Waals surface area contributed by atoms with E-state index in [2.05, 4.69) is 10.2 Å². The van der Waals surface area contributed by atoms with Crippen LogP contribution >= 0.6 is 0 Å². The lowest BCUT2D eigenvalue weighted by atomic mass is 9.80. The third-order valence-corrected chi connectivity index (χ3v) is 6.73. The number of nitrogens with zero attached hydrogens (tertiary/aromatic N) is 1. The summed E-state index contributed by atoms with van der Waals surface area (Å²) < 4.78 is 17.5. The van der Waals surface area contributed by atoms with Crippen LogP contribution in [-0.2, 0) is 23.6 Å². The molecule has 2 aliphatic rings. The normalized spacial score (nSPS) is 22.7. The van der Waals surface area contributed by atoms with Gasteiger partial charge in [-0.3, -0.25) is 4.79 Å². The molecule has 1 unspecified atom stereocenters. The molecule has 2 saturated heterocycles. The lowest BCUT2D eigenvalue weighted by Crippen LogP contribution is -2.56. The number of rotatable bonds is 11. The Kier molecular flexibility index (Phi) is 8.77. The maximum Gasteiger partial charge on any atom is 0.457 e. The first-order chi connectivity index (χ1) is 14.0. The van der Waals surface area contributed by atoms with Gasteiger partial charge in [-0.15, -0.1) is 0 Å². The molecule has 172 valence electrons. The van der Waals surface area contributed by atoms with Gasteiger partial charge in [0.25, 0.3) is 0 Å². The fourth-order valence-corrected chi connectivity index (χ4v) is 4.29. The topological polar surface area (TPSA) is 77.1 Å². The predicted molar refractivity (Wildman–Crippen MR) is 118 cm³/mol. The molecule has 0 saturated carbocycles. The quantitative estimate of drug-likeness (QED) is 0.312. The molecule has 1 atom stereocenters. The molecular formula is C22H41BN2O5. The maximum absolute atomic E-state index is 12.9. The Morgan fingerprint density at radius 3 is 2.20 bits per heavy atom. The van der Waals surface area contributed by atoms with Gasteiger partial charge < -0.3 is 24.3 Å². The summed E-state index contributed by atoms with van der Waals surface area (Å²) in [5, 5.41) is 2.95. The smallest absolute Gasteiger partial charge is 0.457 e. The largest absolute Gasteiger partial charge is 0.464 e. The van der Waals surface area contributed by atoms with E-state index in [9.17, 15) is 9.59 Å². The highest BCUT2D eigenvalue weighted by Crippen LogP contribution is 2.38. The van der Waals surface area contributed by atoms with Crippen LogP contribution < -0.4 is 5.32 Å². The molecular weight excluding hydrogens is 383 g/mol. The first kappa shape index (κ1) is 25.1. The molecule has 2 rings (SSSR count). The lowest BCUT2D eigenvalue weighted by Gasteiger charge is -2.33. The van der Waals surface area contributed by atoms with Crippen molar-refractivity contribution >= 4 is 19.0 Å². The van der Waals surface area contributed by atoms with E-state index in [-0.39, 0.29) is 30.2 Å². The molecule has 2 aliphatic heterocycles. The van der Waals surface area contributed by atoms with Gasteiger partial charge in [0, 0.05) is 13.5 Å². The molecule has 8 heteroatoms. The van der Waals surface area contributed by atoms with Crippen molar-refractivity contribution in [2.75, 3.05) is 26.2 Å². The Morgan fingerprint density at radius 1 is 1.07 bits per heavy atom. The third kappa shape index (κ3) is 6.44. The number of likely N-dealkylation sites (tertiary alicyclic amines) is 1. The zero-order valence-electron chi connectivity index (χ0n) is 19.8. The van der Waals surface area contributed by atoms with E-state index < -0.39 is 5.54 Å². The second-order valence-electron chi connectivity index (χ2n) is 9.71. The number of hydrogen-bond acceptors (Lipinski definition) is 6. The van der Waals surface area contributed by atoms with E-state index in [1.54, 1.807) is 6.92 Å². The summed E-state index contributed by atoms with van der Waals surface area (Å²) in [6.07, 6.45) is 5.91. The van der Waals surface area contributed by atoms with E-state index in [0.717, 1.165) is 38.8 Å². The summed E-state index contributed by atoms with van der Waals surface area (Å²) in [5.74, 6) is -0.523. The first-order valence-electron chi connectivity index (χ1n) is 11.6. The van der Waals surface area contributed by atoms with Crippen LogP contribution in [0.4, 0.5) is 0 Å². The fourth-order valence-electron chi connectivity index (χ4n) is 4.29. The number of carbonyl (C=O) groups excluding carboxylic acids is 2. The summed E-state index contributed by atoms with van der Waals surface area (Å²) >= 11 is 0. The first-order valence-corrected chi connectivity index (χ1v) is 11.6. The van der Waals surface area contributed by atoms with Gasteiger partial charge in [0.15, 0.2) is 0 Å². The molecule has 0 aromatic heterocycles. The standard InChI is InChI=1S/C22H41BN2O5/c1-7-28-19(27)22(24-18(2)26,13-17-25-15-10-11-16-25)12-8-9-14-23-29-20(3,4)21(5,6)30-23/h7-17H2,1-6H3,(H,24,26). The van der Waals surface area contributed by atoms with Gasteiger partial charge in [-0.25, -0.2) is 4.79 Å². The van der Waals surface area contributed by atoms with Crippen molar-refractivity contribution in [2.45, 2.75) is 103 Å². The number of unbranched alkanes of at least 4 members (excludes halogenated alkanes) is 1. The summed E-state index contributed by atoms with van der Waals surface area (Å²) in [7, 11) is -0.239. The summed E-state index contributed by atoms with van der Waals surface area (Å²) in [4.78, 5) is 27.3. The third-order valence-electron chi connectivity index (χ3n) is 6.73. The van der Waals surface area contributed by atoms with Crippen molar-refractivity contribution in [3.05, 3.63) is 0 Å². The molecule has 0 aromatic carbocycles. The average molecular weight is 424 g/mol. The Balaban J connectivity index is 1.96. The zero-order chi connectivity index (χ0) is 22.4. The number of amides is 1. The van der Waals surface area contributed by atoms with Crippen molar-refractivity contribution in [3.8, 4) is 0 Å². The van der Waals surface area contributed by atoms with Gasteiger partial charge in [-0.1, -0.05) is 12.8 Å². The van der Waals surface area contributed by atoms with Gasteiger partial charge in [-0.2, -0.15) is 0 Å². The fraction of sp³-hybridized carbons (Fsp3) is 0.909. The second kappa shape index (κ2) is 10.5. The summed E-state index contributed by atoms with van der Waals surface area (Å²) in [5.41, 5.74) is -1.64. The van der Waals surface area contributed by atoms with E-state index in [1.165, 1.54) is 19.8 Å². The number of ether oxygens (including phenoxy) is 1. The number of nitrogens with one attached hydrogen (secondary N) is 1. The van der Waals surface area contributed by atoms with Crippen LogP contribution in [0.1, 0.15) is 80.1 Å². The van der Waals surface area contributed by atoms with Gasteiger partial charge in [0.1, 0.15) is 5.54 Å². The molecule has 7 nitrogen and oxygen atoms in total. The molecule has 0 aromatic rings. The van der Waals surface area contributed by atoms with Gasteiger partial charge in [0.05, 0.1) is 17.8 Å². The van der Waals surface area contributed by atoms with Crippen molar-refractivity contribution in [1.82, 2.24) is 10.2 Å². The molecule has 1 amide bonds. The highest BCUT2D eigenvalue weighted by Gasteiger charge is 2.50. The predicted octanol–water partition coefficient (Wildman–Crippen LogP) is 3.17. The molecule has 2 heterocycles. The van der Waals surface area contributed by atoms with Crippen LogP contribution in [0.5, 0.6) is 0 Å². The summed E-state index contributed by atoms with van der Waals surface area (Å²) in [6, 6.07) is 0. The molecule has 0 radical (unpaired) electrons. The minimum Gasteiger partial charge on any atom is -0.464 e. The van der Waals surface area contributed by atoms with Crippen LogP contribution in [0.15, 0.2) is 0 Å². The molecule has 2 fully saturated rings. The monoisotopic (exact) mass is 424 g/mol. The van der Waals surface area contributed by atoms with E-state index in [0.29, 0.717) is 19.4 Å². The Morgan fingerprint density at radius 2 is 1.67 bits per heavy atom. The molecule has 0 bridgehead atoms. The minimum atomic E-state index is -0.972. The summed E-state index contributed by atoms with van der Waals surface area (Å²) in [6.45, 7) is 14.7. The minimum absolute atomic E-state index is 0.199. The molecule has 0 spiro atoms. The van der Waals surface area contributed by atoms with Crippen molar-refractivity contribution in [3.63, 3.8) is 0 Å².